The lowest BCUT2D eigenvalue weighted by Crippen LogP contribution is -2.43. The van der Waals surface area contributed by atoms with Crippen molar-refractivity contribution >= 4 is 17.7 Å². The van der Waals surface area contributed by atoms with Crippen molar-refractivity contribution in [3.05, 3.63) is 71.3 Å². The lowest BCUT2D eigenvalue weighted by molar-refractivity contribution is 0.0600. The molecule has 2 aromatic carbocycles. The zero-order valence-corrected chi connectivity index (χ0v) is 16.8. The van der Waals surface area contributed by atoms with Gasteiger partial charge >= 0.3 is 12.0 Å². The molecule has 2 aliphatic heterocycles. The van der Waals surface area contributed by atoms with E-state index >= 15 is 0 Å². The highest BCUT2D eigenvalue weighted by atomic mass is 16.7. The van der Waals surface area contributed by atoms with Crippen LogP contribution in [0.3, 0.4) is 0 Å². The molecule has 9 heteroatoms. The topological polar surface area (TPSA) is 106 Å². The number of carbonyl (C=O) groups is 2. The van der Waals surface area contributed by atoms with E-state index in [1.165, 1.54) is 7.11 Å². The molecule has 0 aliphatic carbocycles. The number of nitrogens with zero attached hydrogens (tertiary/aromatic N) is 2. The largest absolute Gasteiger partial charge is 0.465 e. The Morgan fingerprint density at radius 1 is 1.19 bits per heavy atom. The Hall–Kier alpha value is -4.01. The quantitative estimate of drug-likeness (QED) is 0.631. The lowest BCUT2D eigenvalue weighted by Gasteiger charge is -2.35. The monoisotopic (exact) mass is 420 g/mol. The van der Waals surface area contributed by atoms with Gasteiger partial charge in [-0.15, -0.1) is 0 Å². The molecule has 0 unspecified atom stereocenters. The van der Waals surface area contributed by atoms with Crippen LogP contribution in [-0.2, 0) is 11.2 Å². The number of carbonyl (C=O) groups excluding carboxylic acids is 2. The summed E-state index contributed by atoms with van der Waals surface area (Å²) in [6.45, 7) is 0.675. The molecule has 0 fully saturated rings. The van der Waals surface area contributed by atoms with Crippen molar-refractivity contribution in [1.82, 2.24) is 14.9 Å². The number of hydrogen-bond acceptors (Lipinski definition) is 6. The van der Waals surface area contributed by atoms with Crippen molar-refractivity contribution in [2.45, 2.75) is 12.5 Å². The van der Waals surface area contributed by atoms with Crippen molar-refractivity contribution in [3.8, 4) is 11.5 Å². The highest BCUT2D eigenvalue weighted by molar-refractivity contribution is 5.94. The number of fused-ring (bicyclic) bond motifs is 2. The Balaban J connectivity index is 1.46. The number of aromatic nitrogens is 2. The normalized spacial score (nSPS) is 16.5. The molecular formula is C22H20N4O5. The molecule has 5 rings (SSSR count). The molecule has 2 N–H and O–H groups in total. The van der Waals surface area contributed by atoms with Crippen LogP contribution in [0.25, 0.3) is 0 Å². The van der Waals surface area contributed by atoms with Gasteiger partial charge in [0.05, 0.1) is 24.7 Å². The van der Waals surface area contributed by atoms with Gasteiger partial charge in [-0.2, -0.15) is 0 Å². The number of ether oxygens (including phenoxy) is 3. The van der Waals surface area contributed by atoms with Gasteiger partial charge in [0.2, 0.25) is 6.79 Å². The zero-order chi connectivity index (χ0) is 21.4. The number of hydrogen-bond donors (Lipinski definition) is 2. The molecule has 3 aromatic rings. The fourth-order valence-corrected chi connectivity index (χ4v) is 3.95. The van der Waals surface area contributed by atoms with Crippen molar-refractivity contribution in [2.24, 2.45) is 0 Å². The van der Waals surface area contributed by atoms with E-state index in [1.54, 1.807) is 35.5 Å². The molecule has 0 radical (unpaired) electrons. The van der Waals surface area contributed by atoms with E-state index in [-0.39, 0.29) is 12.8 Å². The third-order valence-electron chi connectivity index (χ3n) is 5.43. The summed E-state index contributed by atoms with van der Waals surface area (Å²) in [7, 11) is 1.32. The molecule has 31 heavy (non-hydrogen) atoms. The summed E-state index contributed by atoms with van der Waals surface area (Å²) in [5.41, 5.74) is 3.53. The summed E-state index contributed by atoms with van der Waals surface area (Å²) in [4.78, 5) is 34.5. The van der Waals surface area contributed by atoms with Gasteiger partial charge in [-0.1, -0.05) is 12.1 Å². The number of esters is 1. The molecule has 0 spiro atoms. The standard InChI is InChI=1S/C22H20N4O5/c1-29-21(27)14-3-2-4-15(9-14)25-22(28)26-8-7-16-19(24-11-23-16)20(26)13-5-6-17-18(10-13)31-12-30-17/h2-6,9-11,20H,7-8,12H2,1H3,(H,23,24)(H,25,28)/t20-/m1/s1. The van der Waals surface area contributed by atoms with E-state index in [4.69, 9.17) is 14.2 Å². The van der Waals surface area contributed by atoms with Crippen molar-refractivity contribution in [1.29, 1.82) is 0 Å². The van der Waals surface area contributed by atoms with Crippen LogP contribution in [0.1, 0.15) is 33.4 Å². The molecule has 1 atom stereocenters. The van der Waals surface area contributed by atoms with Crippen molar-refractivity contribution in [3.63, 3.8) is 0 Å². The number of methoxy groups -OCH3 is 1. The Kier molecular flexibility index (Phi) is 4.70. The van der Waals surface area contributed by atoms with Gasteiger partial charge < -0.3 is 29.4 Å². The minimum atomic E-state index is -0.464. The molecule has 1 aromatic heterocycles. The summed E-state index contributed by atoms with van der Waals surface area (Å²) in [6, 6.07) is 11.6. The second-order valence-corrected chi connectivity index (χ2v) is 7.23. The number of amides is 2. The molecular weight excluding hydrogens is 400 g/mol. The Morgan fingerprint density at radius 2 is 2.06 bits per heavy atom. The minimum absolute atomic E-state index is 0.178. The number of H-pyrrole nitrogens is 1. The summed E-state index contributed by atoms with van der Waals surface area (Å²) in [5.74, 6) is 0.859. The smallest absolute Gasteiger partial charge is 0.337 e. The first-order chi connectivity index (χ1) is 15.1. The van der Waals surface area contributed by atoms with Crippen LogP contribution in [-0.4, -0.2) is 47.3 Å². The average Bonchev–Trinajstić information content (AvgIpc) is 3.46. The number of rotatable bonds is 3. The van der Waals surface area contributed by atoms with Gasteiger partial charge in [-0.05, 0) is 35.9 Å². The fourth-order valence-electron chi connectivity index (χ4n) is 3.95. The molecule has 0 saturated heterocycles. The van der Waals surface area contributed by atoms with Crippen LogP contribution in [0, 0.1) is 0 Å². The molecule has 2 aliphatic rings. The number of benzene rings is 2. The predicted octanol–water partition coefficient (Wildman–Crippen LogP) is 3.10. The molecule has 0 bridgehead atoms. The van der Waals surface area contributed by atoms with Gasteiger partial charge in [0, 0.05) is 24.3 Å². The SMILES string of the molecule is COC(=O)c1cccc(NC(=O)N2CCc3[nH]cnc3[C@H]2c2ccc3c(c2)OCO3)c1. The third-order valence-corrected chi connectivity index (χ3v) is 5.43. The second kappa shape index (κ2) is 7.67. The Bertz CT molecular complexity index is 1160. The highest BCUT2D eigenvalue weighted by Gasteiger charge is 2.35. The van der Waals surface area contributed by atoms with E-state index in [2.05, 4.69) is 15.3 Å². The van der Waals surface area contributed by atoms with Gasteiger partial charge in [-0.25, -0.2) is 14.6 Å². The maximum Gasteiger partial charge on any atom is 0.337 e. The van der Waals surface area contributed by atoms with Crippen LogP contribution in [0.5, 0.6) is 11.5 Å². The maximum absolute atomic E-state index is 13.3. The van der Waals surface area contributed by atoms with E-state index < -0.39 is 12.0 Å². The molecule has 3 heterocycles. The highest BCUT2D eigenvalue weighted by Crippen LogP contribution is 2.39. The number of aromatic amines is 1. The Labute approximate surface area is 177 Å². The lowest BCUT2D eigenvalue weighted by atomic mass is 9.95. The zero-order valence-electron chi connectivity index (χ0n) is 16.8. The van der Waals surface area contributed by atoms with Crippen LogP contribution in [0.4, 0.5) is 10.5 Å². The summed E-state index contributed by atoms with van der Waals surface area (Å²) < 4.78 is 15.7. The summed E-state index contributed by atoms with van der Waals surface area (Å²) >= 11 is 0. The van der Waals surface area contributed by atoms with Crippen molar-refractivity contribution in [2.75, 3.05) is 25.8 Å². The molecule has 158 valence electrons. The average molecular weight is 420 g/mol. The Morgan fingerprint density at radius 3 is 2.94 bits per heavy atom. The minimum Gasteiger partial charge on any atom is -0.465 e. The van der Waals surface area contributed by atoms with Crippen LogP contribution in [0.2, 0.25) is 0 Å². The van der Waals surface area contributed by atoms with Crippen molar-refractivity contribution < 1.29 is 23.8 Å². The van der Waals surface area contributed by atoms with E-state index in [0.717, 1.165) is 17.0 Å². The third kappa shape index (κ3) is 3.43. The molecule has 9 nitrogen and oxygen atoms in total. The molecule has 2 amide bonds. The number of nitrogens with one attached hydrogen (secondary N) is 2. The summed E-state index contributed by atoms with van der Waals surface area (Å²) in [6.07, 6.45) is 2.30. The van der Waals surface area contributed by atoms with E-state index in [1.807, 2.05) is 18.2 Å². The number of urea groups is 1. The van der Waals surface area contributed by atoms with Crippen LogP contribution >= 0.6 is 0 Å². The first-order valence-electron chi connectivity index (χ1n) is 9.82. The predicted molar refractivity (Wildman–Crippen MR) is 110 cm³/mol. The van der Waals surface area contributed by atoms with Crippen LogP contribution < -0.4 is 14.8 Å². The number of imidazole rings is 1. The first-order valence-corrected chi connectivity index (χ1v) is 9.82. The fraction of sp³-hybridized carbons (Fsp3) is 0.227. The van der Waals surface area contributed by atoms with Gasteiger partial charge in [-0.3, -0.25) is 0 Å². The van der Waals surface area contributed by atoms with Gasteiger partial charge in [0.25, 0.3) is 0 Å². The van der Waals surface area contributed by atoms with Gasteiger partial charge in [0.15, 0.2) is 11.5 Å². The molecule has 0 saturated carbocycles. The second-order valence-electron chi connectivity index (χ2n) is 7.23. The van der Waals surface area contributed by atoms with Gasteiger partial charge in [0.1, 0.15) is 6.04 Å². The number of anilines is 1. The first kappa shape index (κ1) is 19.0. The van der Waals surface area contributed by atoms with E-state index in [0.29, 0.717) is 35.7 Å². The van der Waals surface area contributed by atoms with Crippen LogP contribution in [0.15, 0.2) is 48.8 Å². The maximum atomic E-state index is 13.3. The van der Waals surface area contributed by atoms with E-state index in [9.17, 15) is 9.59 Å². The summed E-state index contributed by atoms with van der Waals surface area (Å²) in [5, 5.41) is 2.89.